The first-order valence-electron chi connectivity index (χ1n) is 16.8. The summed E-state index contributed by atoms with van der Waals surface area (Å²) in [6, 6.07) is 0. The molecule has 0 aromatic carbocycles. The third kappa shape index (κ3) is 11.2. The van der Waals surface area contributed by atoms with Crippen LogP contribution >= 0.6 is 0 Å². The van der Waals surface area contributed by atoms with Crippen LogP contribution in [0.25, 0.3) is 11.2 Å². The zero-order valence-corrected chi connectivity index (χ0v) is 26.0. The van der Waals surface area contributed by atoms with Crippen molar-refractivity contribution in [1.29, 1.82) is 0 Å². The topological polar surface area (TPSA) is 149 Å². The van der Waals surface area contributed by atoms with E-state index in [0.29, 0.717) is 6.61 Å². The Hall–Kier alpha value is -2.01. The number of rotatable bonds is 24. The molecular formula is C32H57N5O5. The number of hydrogen-bond donors (Lipinski definition) is 4. The number of fused-ring (bicyclic) bond motifs is 1. The van der Waals surface area contributed by atoms with Gasteiger partial charge in [-0.2, -0.15) is 4.98 Å². The summed E-state index contributed by atoms with van der Waals surface area (Å²) in [5.74, 6) is -0.0340. The van der Waals surface area contributed by atoms with E-state index in [4.69, 9.17) is 15.2 Å². The van der Waals surface area contributed by atoms with Gasteiger partial charge in [0.2, 0.25) is 5.95 Å². The van der Waals surface area contributed by atoms with Crippen molar-refractivity contribution >= 4 is 17.1 Å². The molecule has 2 unspecified atom stereocenters. The quantitative estimate of drug-likeness (QED) is 0.106. The minimum Gasteiger partial charge on any atom is -0.394 e. The van der Waals surface area contributed by atoms with Crippen LogP contribution in [0.4, 0.5) is 5.95 Å². The Balaban J connectivity index is 1.19. The Morgan fingerprint density at radius 3 is 1.88 bits per heavy atom. The number of hydrogen-bond acceptors (Lipinski definition) is 8. The highest BCUT2D eigenvalue weighted by molar-refractivity contribution is 5.70. The second-order valence-electron chi connectivity index (χ2n) is 12.1. The van der Waals surface area contributed by atoms with E-state index in [1.165, 1.54) is 122 Å². The summed E-state index contributed by atoms with van der Waals surface area (Å²) in [6.45, 7) is 2.41. The lowest BCUT2D eigenvalue weighted by atomic mass is 10.0. The molecular weight excluding hydrogens is 534 g/mol. The molecule has 0 radical (unpaired) electrons. The second kappa shape index (κ2) is 20.0. The Bertz CT molecular complexity index is 1040. The lowest BCUT2D eigenvalue weighted by Crippen LogP contribution is -2.35. The van der Waals surface area contributed by atoms with Crippen LogP contribution in [0.5, 0.6) is 0 Å². The average molecular weight is 592 g/mol. The number of nitrogens with two attached hydrogens (primary N) is 1. The molecule has 3 rings (SSSR count). The molecule has 0 bridgehead atoms. The van der Waals surface area contributed by atoms with E-state index in [0.717, 1.165) is 12.8 Å². The van der Waals surface area contributed by atoms with Crippen LogP contribution < -0.4 is 11.3 Å². The minimum absolute atomic E-state index is 0.0340. The number of aromatic amines is 1. The first-order valence-corrected chi connectivity index (χ1v) is 16.8. The second-order valence-corrected chi connectivity index (χ2v) is 12.1. The lowest BCUT2D eigenvalue weighted by Gasteiger charge is -2.22. The summed E-state index contributed by atoms with van der Waals surface area (Å²) in [6.07, 6.45) is 24.8. The van der Waals surface area contributed by atoms with E-state index in [-0.39, 0.29) is 23.7 Å². The van der Waals surface area contributed by atoms with Gasteiger partial charge in [-0.05, 0) is 6.42 Å². The van der Waals surface area contributed by atoms with Crippen LogP contribution in [-0.2, 0) is 9.47 Å². The Kier molecular flexibility index (Phi) is 16.5. The number of aromatic nitrogens is 4. The molecule has 2 aromatic heterocycles. The summed E-state index contributed by atoms with van der Waals surface area (Å²) in [5.41, 5.74) is 5.64. The Morgan fingerprint density at radius 1 is 0.881 bits per heavy atom. The fourth-order valence-electron chi connectivity index (χ4n) is 5.98. The van der Waals surface area contributed by atoms with Crippen LogP contribution in [0.1, 0.15) is 142 Å². The van der Waals surface area contributed by atoms with E-state index < -0.39 is 30.1 Å². The average Bonchev–Trinajstić information content (AvgIpc) is 3.54. The molecule has 0 aliphatic carbocycles. The van der Waals surface area contributed by atoms with Gasteiger partial charge in [-0.1, -0.05) is 129 Å². The molecule has 10 nitrogen and oxygen atoms in total. The Labute approximate surface area is 251 Å². The summed E-state index contributed by atoms with van der Waals surface area (Å²) >= 11 is 0. The van der Waals surface area contributed by atoms with Crippen molar-refractivity contribution in [3.8, 4) is 0 Å². The smallest absolute Gasteiger partial charge is 0.280 e. The molecule has 1 fully saturated rings. The van der Waals surface area contributed by atoms with E-state index in [1.807, 2.05) is 0 Å². The fourth-order valence-corrected chi connectivity index (χ4v) is 5.98. The van der Waals surface area contributed by atoms with Gasteiger partial charge in [0.15, 0.2) is 17.4 Å². The molecule has 240 valence electrons. The standard InChI is InChI=1S/C32H57N5O5/c1-2-3-4-5-6-7-8-9-10-11-12-13-14-15-16-17-18-19-20-21-22-41-28-27(39)25(23-38)42-31(28)37-24-34-26-29(37)35-32(33)36-30(26)40/h24-25,27-28,31,38-39H,2-23H2,1H3,(H3,33,35,36,40)/t25-,27?,28?,31-/m1/s1. The molecule has 5 N–H and O–H groups in total. The van der Waals surface area contributed by atoms with Gasteiger partial charge in [-0.25, -0.2) is 4.98 Å². The van der Waals surface area contributed by atoms with Crippen molar-refractivity contribution in [2.75, 3.05) is 18.9 Å². The van der Waals surface area contributed by atoms with Crippen LogP contribution in [0, 0.1) is 0 Å². The SMILES string of the molecule is CCCCCCCCCCCCCCCCCCCCCCOC1C(O)[C@@H](CO)O[C@H]1n1cnc2c(=O)[nH]c(N)nc21. The number of aliphatic hydroxyl groups is 2. The number of H-pyrrole nitrogens is 1. The zero-order valence-electron chi connectivity index (χ0n) is 26.0. The van der Waals surface area contributed by atoms with Crippen LogP contribution in [0.3, 0.4) is 0 Å². The summed E-state index contributed by atoms with van der Waals surface area (Å²) < 4.78 is 13.5. The van der Waals surface area contributed by atoms with Crippen LogP contribution in [-0.4, -0.2) is 61.3 Å². The summed E-state index contributed by atoms with van der Waals surface area (Å²) in [7, 11) is 0. The number of nitrogens with zero attached hydrogens (tertiary/aromatic N) is 3. The molecule has 0 saturated carbocycles. The van der Waals surface area contributed by atoms with Gasteiger partial charge in [-0.3, -0.25) is 14.3 Å². The van der Waals surface area contributed by atoms with Crippen molar-refractivity contribution in [2.45, 2.75) is 160 Å². The summed E-state index contributed by atoms with van der Waals surface area (Å²) in [5, 5.41) is 20.4. The third-order valence-electron chi connectivity index (χ3n) is 8.53. The van der Waals surface area contributed by atoms with Crippen molar-refractivity contribution in [1.82, 2.24) is 19.5 Å². The van der Waals surface area contributed by atoms with Gasteiger partial charge in [0.1, 0.15) is 18.3 Å². The van der Waals surface area contributed by atoms with Crippen LogP contribution in [0.2, 0.25) is 0 Å². The predicted molar refractivity (Wildman–Crippen MR) is 167 cm³/mol. The van der Waals surface area contributed by atoms with E-state index in [2.05, 4.69) is 21.9 Å². The molecule has 1 aliphatic rings. The maximum absolute atomic E-state index is 12.2. The number of nitrogen functional groups attached to an aromatic ring is 1. The third-order valence-corrected chi connectivity index (χ3v) is 8.53. The zero-order chi connectivity index (χ0) is 30.0. The minimum atomic E-state index is -1.01. The van der Waals surface area contributed by atoms with Crippen molar-refractivity contribution < 1.29 is 19.7 Å². The number of aliphatic hydroxyl groups excluding tert-OH is 2. The predicted octanol–water partition coefficient (Wildman–Crippen LogP) is 6.16. The van der Waals surface area contributed by atoms with Gasteiger partial charge < -0.3 is 25.4 Å². The maximum atomic E-state index is 12.2. The molecule has 0 amide bonds. The van der Waals surface area contributed by atoms with E-state index in [1.54, 1.807) is 4.57 Å². The van der Waals surface area contributed by atoms with E-state index >= 15 is 0 Å². The molecule has 0 spiro atoms. The highest BCUT2D eigenvalue weighted by atomic mass is 16.6. The van der Waals surface area contributed by atoms with E-state index in [9.17, 15) is 15.0 Å². The highest BCUT2D eigenvalue weighted by Crippen LogP contribution is 2.33. The van der Waals surface area contributed by atoms with Crippen LogP contribution in [0.15, 0.2) is 11.1 Å². The largest absolute Gasteiger partial charge is 0.394 e. The van der Waals surface area contributed by atoms with Gasteiger partial charge >= 0.3 is 0 Å². The first-order chi connectivity index (χ1) is 20.6. The number of anilines is 1. The molecule has 1 saturated heterocycles. The molecule has 2 aromatic rings. The molecule has 1 aliphatic heterocycles. The fraction of sp³-hybridized carbons (Fsp3) is 0.844. The maximum Gasteiger partial charge on any atom is 0.280 e. The Morgan fingerprint density at radius 2 is 1.38 bits per heavy atom. The summed E-state index contributed by atoms with van der Waals surface area (Å²) in [4.78, 5) is 22.9. The number of ether oxygens (including phenoxy) is 2. The molecule has 42 heavy (non-hydrogen) atoms. The molecule has 10 heteroatoms. The van der Waals surface area contributed by atoms with Gasteiger partial charge in [-0.15, -0.1) is 0 Å². The lowest BCUT2D eigenvalue weighted by molar-refractivity contribution is -0.0711. The molecule has 4 atom stereocenters. The normalized spacial score (nSPS) is 20.6. The van der Waals surface area contributed by atoms with Crippen molar-refractivity contribution in [3.05, 3.63) is 16.7 Å². The van der Waals surface area contributed by atoms with Crippen molar-refractivity contribution in [2.24, 2.45) is 0 Å². The number of nitrogens with one attached hydrogen (secondary N) is 1. The highest BCUT2D eigenvalue weighted by Gasteiger charge is 2.45. The number of imidazole rings is 1. The van der Waals surface area contributed by atoms with Gasteiger partial charge in [0.25, 0.3) is 5.56 Å². The van der Waals surface area contributed by atoms with Gasteiger partial charge in [0.05, 0.1) is 12.9 Å². The first kappa shape index (κ1) is 34.5. The number of unbranched alkanes of at least 4 members (excludes halogenated alkanes) is 19. The molecule has 3 heterocycles. The van der Waals surface area contributed by atoms with Crippen molar-refractivity contribution in [3.63, 3.8) is 0 Å². The monoisotopic (exact) mass is 591 g/mol. The van der Waals surface area contributed by atoms with Gasteiger partial charge in [0, 0.05) is 6.61 Å².